The highest BCUT2D eigenvalue weighted by molar-refractivity contribution is 6.43. The van der Waals surface area contributed by atoms with Crippen molar-refractivity contribution in [3.63, 3.8) is 0 Å². The normalized spacial score (nSPS) is 9.67. The standard InChI is InChI=1S/C7H6Cl2.C6H3Cl3/c1-5-2-3-6(8)4-7(5)9;7-4-1-2-5(8)6(9)3-4/h2-4H,1H3;1-3H. The second kappa shape index (κ2) is 7.47. The maximum atomic E-state index is 5.73. The molecule has 0 atom stereocenters. The van der Waals surface area contributed by atoms with Gasteiger partial charge in [0.25, 0.3) is 0 Å². The SMILES string of the molecule is Cc1ccc(Cl)cc1Cl.Clc1ccc(Cl)c(Cl)c1. The summed E-state index contributed by atoms with van der Waals surface area (Å²) in [4.78, 5) is 0. The highest BCUT2D eigenvalue weighted by atomic mass is 35.5. The van der Waals surface area contributed by atoms with Crippen LogP contribution in [0, 0.1) is 6.92 Å². The van der Waals surface area contributed by atoms with Crippen LogP contribution in [0.4, 0.5) is 0 Å². The molecule has 0 aromatic heterocycles. The predicted octanol–water partition coefficient (Wildman–Crippen LogP) is 6.95. The van der Waals surface area contributed by atoms with Gasteiger partial charge in [0, 0.05) is 15.1 Å². The molecule has 18 heavy (non-hydrogen) atoms. The first-order valence-corrected chi connectivity index (χ1v) is 6.81. The van der Waals surface area contributed by atoms with E-state index >= 15 is 0 Å². The van der Waals surface area contributed by atoms with Crippen LogP contribution in [0.1, 0.15) is 5.56 Å². The third-order valence-electron chi connectivity index (χ3n) is 2.02. The van der Waals surface area contributed by atoms with Crippen molar-refractivity contribution in [1.29, 1.82) is 0 Å². The zero-order chi connectivity index (χ0) is 13.7. The fourth-order valence-corrected chi connectivity index (χ4v) is 1.97. The van der Waals surface area contributed by atoms with E-state index in [-0.39, 0.29) is 0 Å². The molecule has 2 rings (SSSR count). The molecule has 0 N–H and O–H groups in total. The van der Waals surface area contributed by atoms with E-state index in [0.717, 1.165) is 10.6 Å². The minimum Gasteiger partial charge on any atom is -0.0843 e. The smallest absolute Gasteiger partial charge is 0.0607 e. The topological polar surface area (TPSA) is 0 Å². The molecule has 0 saturated heterocycles. The Balaban J connectivity index is 0.000000180. The molecular weight excluding hydrogens is 333 g/mol. The second-order valence-corrected chi connectivity index (χ2v) is 5.55. The van der Waals surface area contributed by atoms with Crippen molar-refractivity contribution in [1.82, 2.24) is 0 Å². The number of benzene rings is 2. The molecule has 0 saturated carbocycles. The van der Waals surface area contributed by atoms with E-state index in [2.05, 4.69) is 0 Å². The molecule has 0 aliphatic heterocycles. The fraction of sp³-hybridized carbons (Fsp3) is 0.0769. The van der Waals surface area contributed by atoms with Crippen LogP contribution in [-0.4, -0.2) is 0 Å². The van der Waals surface area contributed by atoms with Gasteiger partial charge in [-0.15, -0.1) is 0 Å². The zero-order valence-corrected chi connectivity index (χ0v) is 13.1. The summed E-state index contributed by atoms with van der Waals surface area (Å²) in [5.74, 6) is 0. The lowest BCUT2D eigenvalue weighted by molar-refractivity contribution is 1.47. The van der Waals surface area contributed by atoms with Gasteiger partial charge in [0.1, 0.15) is 0 Å². The Morgan fingerprint density at radius 2 is 1.11 bits per heavy atom. The number of hydrogen-bond acceptors (Lipinski definition) is 0. The minimum absolute atomic E-state index is 0.490. The minimum atomic E-state index is 0.490. The summed E-state index contributed by atoms with van der Waals surface area (Å²) >= 11 is 28.1. The highest BCUT2D eigenvalue weighted by Gasteiger charge is 1.95. The number of hydrogen-bond donors (Lipinski definition) is 0. The first-order chi connectivity index (χ1) is 8.40. The molecule has 96 valence electrons. The molecule has 2 aromatic rings. The number of halogens is 5. The summed E-state index contributed by atoms with van der Waals surface area (Å²) in [5, 5.41) is 3.03. The fourth-order valence-electron chi connectivity index (χ4n) is 1.04. The Hall–Kier alpha value is -0.110. The Morgan fingerprint density at radius 1 is 0.611 bits per heavy atom. The van der Waals surface area contributed by atoms with E-state index in [4.69, 9.17) is 58.0 Å². The van der Waals surface area contributed by atoms with E-state index in [9.17, 15) is 0 Å². The van der Waals surface area contributed by atoms with Crippen molar-refractivity contribution in [2.75, 3.05) is 0 Å². The zero-order valence-electron chi connectivity index (χ0n) is 9.35. The van der Waals surface area contributed by atoms with Gasteiger partial charge in [0.2, 0.25) is 0 Å². The van der Waals surface area contributed by atoms with Crippen LogP contribution >= 0.6 is 58.0 Å². The molecule has 0 heterocycles. The number of aryl methyl sites for hydroxylation is 1. The van der Waals surface area contributed by atoms with Crippen LogP contribution in [0.25, 0.3) is 0 Å². The van der Waals surface area contributed by atoms with Crippen LogP contribution < -0.4 is 0 Å². The van der Waals surface area contributed by atoms with Crippen LogP contribution in [0.5, 0.6) is 0 Å². The van der Waals surface area contributed by atoms with Gasteiger partial charge in [-0.3, -0.25) is 0 Å². The van der Waals surface area contributed by atoms with Gasteiger partial charge in [-0.1, -0.05) is 64.1 Å². The van der Waals surface area contributed by atoms with E-state index in [1.165, 1.54) is 0 Å². The van der Waals surface area contributed by atoms with Crippen molar-refractivity contribution < 1.29 is 0 Å². The number of rotatable bonds is 0. The van der Waals surface area contributed by atoms with Gasteiger partial charge in [-0.05, 0) is 42.8 Å². The molecule has 0 nitrogen and oxygen atoms in total. The first kappa shape index (κ1) is 15.9. The quantitative estimate of drug-likeness (QED) is 0.454. The monoisotopic (exact) mass is 340 g/mol. The summed E-state index contributed by atoms with van der Waals surface area (Å²) in [6.07, 6.45) is 0. The highest BCUT2D eigenvalue weighted by Crippen LogP contribution is 2.24. The van der Waals surface area contributed by atoms with Gasteiger partial charge in [-0.25, -0.2) is 0 Å². The van der Waals surface area contributed by atoms with Gasteiger partial charge < -0.3 is 0 Å². The summed E-state index contributed by atoms with van der Waals surface area (Å²) in [5.41, 5.74) is 1.06. The van der Waals surface area contributed by atoms with Gasteiger partial charge in [0.15, 0.2) is 0 Å². The molecule has 0 aliphatic carbocycles. The van der Waals surface area contributed by atoms with Crippen molar-refractivity contribution in [2.45, 2.75) is 6.92 Å². The molecule has 0 radical (unpaired) electrons. The van der Waals surface area contributed by atoms with Crippen LogP contribution in [0.2, 0.25) is 25.1 Å². The maximum absolute atomic E-state index is 5.73. The van der Waals surface area contributed by atoms with Gasteiger partial charge >= 0.3 is 0 Å². The Bertz CT molecular complexity index is 487. The Morgan fingerprint density at radius 3 is 1.50 bits per heavy atom. The Kier molecular flexibility index (Phi) is 6.62. The summed E-state index contributed by atoms with van der Waals surface area (Å²) in [6, 6.07) is 10.4. The molecule has 0 bridgehead atoms. The molecule has 0 aliphatic rings. The molecule has 5 heteroatoms. The van der Waals surface area contributed by atoms with Crippen molar-refractivity contribution in [3.8, 4) is 0 Å². The summed E-state index contributed by atoms with van der Waals surface area (Å²) in [6.45, 7) is 1.94. The van der Waals surface area contributed by atoms with Crippen molar-refractivity contribution >= 4 is 58.0 Å². The lowest BCUT2D eigenvalue weighted by Crippen LogP contribution is -1.71. The average molecular weight is 342 g/mol. The van der Waals surface area contributed by atoms with E-state index < -0.39 is 0 Å². The summed E-state index contributed by atoms with van der Waals surface area (Å²) < 4.78 is 0. The molecule has 0 spiro atoms. The van der Waals surface area contributed by atoms with Crippen LogP contribution in [0.3, 0.4) is 0 Å². The predicted molar refractivity (Wildman–Crippen MR) is 82.7 cm³/mol. The molecule has 0 amide bonds. The van der Waals surface area contributed by atoms with Crippen molar-refractivity contribution in [3.05, 3.63) is 67.1 Å². The third kappa shape index (κ3) is 5.26. The first-order valence-electron chi connectivity index (χ1n) is 4.92. The molecule has 0 fully saturated rings. The van der Waals surface area contributed by atoms with Gasteiger partial charge in [-0.2, -0.15) is 0 Å². The van der Waals surface area contributed by atoms with E-state index in [1.54, 1.807) is 24.3 Å². The lowest BCUT2D eigenvalue weighted by atomic mass is 10.2. The molecule has 0 unspecified atom stereocenters. The third-order valence-corrected chi connectivity index (χ3v) is 3.63. The van der Waals surface area contributed by atoms with Crippen LogP contribution in [-0.2, 0) is 0 Å². The molecular formula is C13H9Cl5. The lowest BCUT2D eigenvalue weighted by Gasteiger charge is -1.94. The maximum Gasteiger partial charge on any atom is 0.0607 e. The van der Waals surface area contributed by atoms with E-state index in [0.29, 0.717) is 20.1 Å². The second-order valence-electron chi connectivity index (χ2n) is 3.45. The average Bonchev–Trinajstić information content (AvgIpc) is 2.30. The summed E-state index contributed by atoms with van der Waals surface area (Å²) in [7, 11) is 0. The van der Waals surface area contributed by atoms with Crippen molar-refractivity contribution in [2.24, 2.45) is 0 Å². The molecule has 2 aromatic carbocycles. The van der Waals surface area contributed by atoms with E-state index in [1.807, 2.05) is 19.1 Å². The van der Waals surface area contributed by atoms with Gasteiger partial charge in [0.05, 0.1) is 10.0 Å². The Labute approximate surface area is 131 Å². The largest absolute Gasteiger partial charge is 0.0843 e. The van der Waals surface area contributed by atoms with Crippen LogP contribution in [0.15, 0.2) is 36.4 Å².